The van der Waals surface area contributed by atoms with Crippen LogP contribution in [0.25, 0.3) is 0 Å². The summed E-state index contributed by atoms with van der Waals surface area (Å²) in [5.74, 6) is 0.187. The number of hydrogen-bond acceptors (Lipinski definition) is 2. The quantitative estimate of drug-likeness (QED) is 0.446. The minimum atomic E-state index is -0.359. The van der Waals surface area contributed by atoms with Crippen LogP contribution in [-0.2, 0) is 4.79 Å². The first kappa shape index (κ1) is 11.8. The van der Waals surface area contributed by atoms with Crippen molar-refractivity contribution in [2.45, 2.75) is 20.3 Å². The van der Waals surface area contributed by atoms with E-state index in [1.165, 1.54) is 6.08 Å². The summed E-state index contributed by atoms with van der Waals surface area (Å²) in [6.45, 7) is 3.80. The van der Waals surface area contributed by atoms with Gasteiger partial charge in [-0.1, -0.05) is 24.6 Å². The lowest BCUT2D eigenvalue weighted by atomic mass is 10.2. The Labute approximate surface area is 94.5 Å². The van der Waals surface area contributed by atoms with Gasteiger partial charge in [0.25, 0.3) is 0 Å². The second-order valence-electron chi connectivity index (χ2n) is 3.14. The zero-order valence-corrected chi connectivity index (χ0v) is 9.54. The molecule has 0 spiro atoms. The first-order chi connectivity index (χ1) is 7.13. The number of benzene rings is 1. The van der Waals surface area contributed by atoms with Crippen LogP contribution >= 0.6 is 11.6 Å². The van der Waals surface area contributed by atoms with Crippen LogP contribution in [0.2, 0.25) is 5.02 Å². The molecule has 2 nitrogen and oxygen atoms in total. The number of hydrogen-bond donors (Lipinski definition) is 0. The van der Waals surface area contributed by atoms with Gasteiger partial charge in [-0.2, -0.15) is 0 Å². The van der Waals surface area contributed by atoms with Crippen molar-refractivity contribution in [2.75, 3.05) is 0 Å². The summed E-state index contributed by atoms with van der Waals surface area (Å²) in [6.07, 6.45) is 4.00. The van der Waals surface area contributed by atoms with Crippen LogP contribution in [0.1, 0.15) is 18.9 Å². The monoisotopic (exact) mass is 224 g/mol. The van der Waals surface area contributed by atoms with Gasteiger partial charge in [-0.25, -0.2) is 4.79 Å². The molecule has 0 N–H and O–H groups in total. The van der Waals surface area contributed by atoms with Crippen molar-refractivity contribution in [3.8, 4) is 5.75 Å². The average molecular weight is 225 g/mol. The SMILES string of the molecule is CCC=CC(=O)Oc1ccc(Cl)cc1C. The van der Waals surface area contributed by atoms with Crippen molar-refractivity contribution >= 4 is 17.6 Å². The van der Waals surface area contributed by atoms with E-state index in [-0.39, 0.29) is 5.97 Å². The van der Waals surface area contributed by atoms with E-state index in [1.54, 1.807) is 24.3 Å². The number of aryl methyl sites for hydroxylation is 1. The van der Waals surface area contributed by atoms with Crippen LogP contribution in [0, 0.1) is 6.92 Å². The number of esters is 1. The molecule has 80 valence electrons. The van der Waals surface area contributed by atoms with E-state index in [9.17, 15) is 4.79 Å². The zero-order valence-electron chi connectivity index (χ0n) is 8.79. The fraction of sp³-hybridized carbons (Fsp3) is 0.250. The molecule has 0 aliphatic heterocycles. The second kappa shape index (κ2) is 5.56. The first-order valence-electron chi connectivity index (χ1n) is 4.78. The first-order valence-corrected chi connectivity index (χ1v) is 5.15. The van der Waals surface area contributed by atoms with Crippen LogP contribution in [0.4, 0.5) is 0 Å². The van der Waals surface area contributed by atoms with Crippen molar-refractivity contribution in [2.24, 2.45) is 0 Å². The molecule has 15 heavy (non-hydrogen) atoms. The molecule has 0 radical (unpaired) electrons. The molecule has 0 saturated carbocycles. The van der Waals surface area contributed by atoms with Crippen molar-refractivity contribution in [1.29, 1.82) is 0 Å². The third-order valence-corrected chi connectivity index (χ3v) is 2.07. The standard InChI is InChI=1S/C12H13ClO2/c1-3-4-5-12(14)15-11-7-6-10(13)8-9(11)2/h4-8H,3H2,1-2H3. The van der Waals surface area contributed by atoms with Gasteiger partial charge in [0.15, 0.2) is 0 Å². The number of halogens is 1. The predicted octanol–water partition coefficient (Wildman–Crippen LogP) is 3.52. The van der Waals surface area contributed by atoms with E-state index in [0.29, 0.717) is 10.8 Å². The van der Waals surface area contributed by atoms with Crippen molar-refractivity contribution < 1.29 is 9.53 Å². The Hall–Kier alpha value is -1.28. The van der Waals surface area contributed by atoms with E-state index in [4.69, 9.17) is 16.3 Å². The Kier molecular flexibility index (Phi) is 4.37. The number of ether oxygens (including phenoxy) is 1. The predicted molar refractivity (Wildman–Crippen MR) is 61.3 cm³/mol. The highest BCUT2D eigenvalue weighted by molar-refractivity contribution is 6.30. The largest absolute Gasteiger partial charge is 0.423 e. The summed E-state index contributed by atoms with van der Waals surface area (Å²) in [5.41, 5.74) is 0.848. The summed E-state index contributed by atoms with van der Waals surface area (Å²) in [6, 6.07) is 5.14. The Bertz CT molecular complexity index is 383. The molecule has 0 unspecified atom stereocenters. The molecule has 0 bridgehead atoms. The van der Waals surface area contributed by atoms with Gasteiger partial charge in [0, 0.05) is 11.1 Å². The maximum atomic E-state index is 11.3. The van der Waals surface area contributed by atoms with Crippen LogP contribution in [-0.4, -0.2) is 5.97 Å². The number of rotatable bonds is 3. The number of carbonyl (C=O) groups is 1. The topological polar surface area (TPSA) is 26.3 Å². The number of carbonyl (C=O) groups excluding carboxylic acids is 1. The third kappa shape index (κ3) is 3.76. The van der Waals surface area contributed by atoms with Gasteiger partial charge in [0.2, 0.25) is 0 Å². The molecule has 0 aliphatic rings. The molecule has 0 heterocycles. The van der Waals surface area contributed by atoms with E-state index in [2.05, 4.69) is 0 Å². The van der Waals surface area contributed by atoms with Gasteiger partial charge in [-0.3, -0.25) is 0 Å². The zero-order chi connectivity index (χ0) is 11.3. The Morgan fingerprint density at radius 3 is 2.87 bits per heavy atom. The van der Waals surface area contributed by atoms with E-state index in [1.807, 2.05) is 13.8 Å². The van der Waals surface area contributed by atoms with Crippen molar-refractivity contribution in [3.63, 3.8) is 0 Å². The molecule has 1 aromatic carbocycles. The Morgan fingerprint density at radius 2 is 2.27 bits per heavy atom. The van der Waals surface area contributed by atoms with Gasteiger partial charge in [-0.05, 0) is 37.1 Å². The van der Waals surface area contributed by atoms with Crippen LogP contribution in [0.5, 0.6) is 5.75 Å². The fourth-order valence-electron chi connectivity index (χ4n) is 1.08. The molecule has 0 aliphatic carbocycles. The minimum absolute atomic E-state index is 0.359. The van der Waals surface area contributed by atoms with Crippen LogP contribution in [0.3, 0.4) is 0 Å². The molecule has 0 amide bonds. The minimum Gasteiger partial charge on any atom is -0.423 e. The van der Waals surface area contributed by atoms with E-state index < -0.39 is 0 Å². The molecular formula is C12H13ClO2. The number of allylic oxidation sites excluding steroid dienone is 1. The molecule has 0 saturated heterocycles. The highest BCUT2D eigenvalue weighted by Gasteiger charge is 2.03. The van der Waals surface area contributed by atoms with Crippen LogP contribution in [0.15, 0.2) is 30.4 Å². The molecular weight excluding hydrogens is 212 g/mol. The molecule has 3 heteroatoms. The Morgan fingerprint density at radius 1 is 1.53 bits per heavy atom. The Balaban J connectivity index is 2.72. The summed E-state index contributed by atoms with van der Waals surface area (Å²) < 4.78 is 5.12. The molecule has 0 aromatic heterocycles. The fourth-order valence-corrected chi connectivity index (χ4v) is 1.31. The summed E-state index contributed by atoms with van der Waals surface area (Å²) in [4.78, 5) is 11.3. The van der Waals surface area contributed by atoms with Gasteiger partial charge >= 0.3 is 5.97 Å². The van der Waals surface area contributed by atoms with E-state index in [0.717, 1.165) is 12.0 Å². The normalized spacial score (nSPS) is 10.6. The summed E-state index contributed by atoms with van der Waals surface area (Å²) in [5, 5.41) is 0.636. The van der Waals surface area contributed by atoms with Gasteiger partial charge in [-0.15, -0.1) is 0 Å². The maximum Gasteiger partial charge on any atom is 0.335 e. The van der Waals surface area contributed by atoms with Gasteiger partial charge in [0.05, 0.1) is 0 Å². The lowest BCUT2D eigenvalue weighted by molar-refractivity contribution is -0.129. The molecule has 0 atom stereocenters. The summed E-state index contributed by atoms with van der Waals surface area (Å²) in [7, 11) is 0. The second-order valence-corrected chi connectivity index (χ2v) is 3.58. The highest BCUT2D eigenvalue weighted by atomic mass is 35.5. The highest BCUT2D eigenvalue weighted by Crippen LogP contribution is 2.21. The average Bonchev–Trinajstić information content (AvgIpc) is 2.19. The lowest BCUT2D eigenvalue weighted by Gasteiger charge is -2.04. The molecule has 1 rings (SSSR count). The van der Waals surface area contributed by atoms with Crippen molar-refractivity contribution in [3.05, 3.63) is 40.9 Å². The van der Waals surface area contributed by atoms with Crippen molar-refractivity contribution in [1.82, 2.24) is 0 Å². The van der Waals surface area contributed by atoms with Gasteiger partial charge < -0.3 is 4.74 Å². The van der Waals surface area contributed by atoms with Crippen LogP contribution < -0.4 is 4.74 Å². The van der Waals surface area contributed by atoms with E-state index >= 15 is 0 Å². The third-order valence-electron chi connectivity index (χ3n) is 1.84. The van der Waals surface area contributed by atoms with Gasteiger partial charge in [0.1, 0.15) is 5.75 Å². The lowest BCUT2D eigenvalue weighted by Crippen LogP contribution is -2.04. The molecule has 0 fully saturated rings. The summed E-state index contributed by atoms with van der Waals surface area (Å²) >= 11 is 5.78. The maximum absolute atomic E-state index is 11.3. The smallest absolute Gasteiger partial charge is 0.335 e. The molecule has 1 aromatic rings.